The normalized spacial score (nSPS) is 31.7. The highest BCUT2D eigenvalue weighted by atomic mass is 16.2. The van der Waals surface area contributed by atoms with Gasteiger partial charge in [-0.3, -0.25) is 14.4 Å². The first-order valence-electron chi connectivity index (χ1n) is 11.3. The van der Waals surface area contributed by atoms with Gasteiger partial charge in [0.05, 0.1) is 11.6 Å². The molecule has 4 unspecified atom stereocenters. The van der Waals surface area contributed by atoms with Crippen LogP contribution in [0.4, 0.5) is 0 Å². The summed E-state index contributed by atoms with van der Waals surface area (Å²) in [7, 11) is 0. The second-order valence-corrected chi connectivity index (χ2v) is 9.39. The van der Waals surface area contributed by atoms with Gasteiger partial charge in [-0.15, -0.1) is 0 Å². The highest BCUT2D eigenvalue weighted by Crippen LogP contribution is 2.38. The average Bonchev–Trinajstić information content (AvgIpc) is 3.40. The van der Waals surface area contributed by atoms with Crippen LogP contribution in [0.2, 0.25) is 0 Å². The molecule has 4 fully saturated rings. The molecule has 7 nitrogen and oxygen atoms in total. The van der Waals surface area contributed by atoms with Gasteiger partial charge in [-0.25, -0.2) is 0 Å². The molecule has 2 amide bonds. The lowest BCUT2D eigenvalue weighted by molar-refractivity contribution is -0.142. The summed E-state index contributed by atoms with van der Waals surface area (Å²) in [6.07, 6.45) is 9.24. The van der Waals surface area contributed by atoms with E-state index < -0.39 is 17.6 Å². The quantitative estimate of drug-likeness (QED) is 0.677. The number of amides is 2. The van der Waals surface area contributed by atoms with Gasteiger partial charge in [0.15, 0.2) is 0 Å². The lowest BCUT2D eigenvalue weighted by Crippen LogP contribution is -2.57. The molecule has 158 valence electrons. The smallest absolute Gasteiger partial charge is 0.243 e. The monoisotopic (exact) mass is 400 g/mol. The number of ketones is 1. The summed E-state index contributed by atoms with van der Waals surface area (Å²) in [6.45, 7) is 1.44. The van der Waals surface area contributed by atoms with Crippen molar-refractivity contribution >= 4 is 17.6 Å². The third-order valence-electron chi connectivity index (χ3n) is 7.30. The van der Waals surface area contributed by atoms with E-state index in [1.807, 2.05) is 0 Å². The number of carbonyl (C=O) groups excluding carboxylic acids is 3. The van der Waals surface area contributed by atoms with E-state index in [0.717, 1.165) is 57.9 Å². The fraction of sp³-hybridized carbons (Fsp3) is 0.818. The number of hydrogen-bond acceptors (Lipinski definition) is 5. The molecule has 2 aliphatic heterocycles. The Bertz CT molecular complexity index is 705. The number of rotatable bonds is 7. The average molecular weight is 401 g/mol. The maximum atomic E-state index is 13.3. The molecule has 2 heterocycles. The molecule has 2 aliphatic carbocycles. The van der Waals surface area contributed by atoms with Crippen molar-refractivity contribution in [3.8, 4) is 6.07 Å². The van der Waals surface area contributed by atoms with Crippen LogP contribution in [0.5, 0.6) is 0 Å². The Hall–Kier alpha value is -1.94. The van der Waals surface area contributed by atoms with Gasteiger partial charge in [0, 0.05) is 18.9 Å². The number of carbonyl (C=O) groups is 3. The summed E-state index contributed by atoms with van der Waals surface area (Å²) >= 11 is 0. The van der Waals surface area contributed by atoms with Crippen LogP contribution in [0.15, 0.2) is 0 Å². The predicted octanol–water partition coefficient (Wildman–Crippen LogP) is 1.67. The Morgan fingerprint density at radius 1 is 1.21 bits per heavy atom. The Morgan fingerprint density at radius 3 is 2.66 bits per heavy atom. The van der Waals surface area contributed by atoms with E-state index in [1.54, 1.807) is 4.90 Å². The predicted molar refractivity (Wildman–Crippen MR) is 107 cm³/mol. The van der Waals surface area contributed by atoms with E-state index >= 15 is 0 Å². The molecule has 2 saturated heterocycles. The minimum Gasteiger partial charge on any atom is -0.339 e. The van der Waals surface area contributed by atoms with Gasteiger partial charge in [0.25, 0.3) is 0 Å². The largest absolute Gasteiger partial charge is 0.339 e. The number of nitriles is 1. The second kappa shape index (κ2) is 8.43. The van der Waals surface area contributed by atoms with Crippen molar-refractivity contribution in [1.29, 1.82) is 5.26 Å². The molecule has 7 heteroatoms. The SMILES string of the molecule is N#CC(CC1CCCC1=O)NC(=O)C(CC1CC1)N1CCC2(CCCCN2)C1=O. The van der Waals surface area contributed by atoms with Crippen LogP contribution in [0.1, 0.15) is 70.6 Å². The minimum absolute atomic E-state index is 0.0532. The number of Topliss-reactive ketones (excluding diaryl/α,β-unsaturated/α-hetero) is 1. The minimum atomic E-state index is -0.671. The molecule has 0 aromatic rings. The fourth-order valence-electron chi connectivity index (χ4n) is 5.33. The third-order valence-corrected chi connectivity index (χ3v) is 7.30. The van der Waals surface area contributed by atoms with Gasteiger partial charge < -0.3 is 15.5 Å². The Balaban J connectivity index is 1.43. The van der Waals surface area contributed by atoms with E-state index in [1.165, 1.54) is 0 Å². The van der Waals surface area contributed by atoms with Crippen molar-refractivity contribution in [2.75, 3.05) is 13.1 Å². The zero-order chi connectivity index (χ0) is 20.4. The molecule has 0 radical (unpaired) electrons. The van der Waals surface area contributed by atoms with Crippen molar-refractivity contribution in [2.24, 2.45) is 11.8 Å². The summed E-state index contributed by atoms with van der Waals surface area (Å²) in [5, 5.41) is 15.8. The highest BCUT2D eigenvalue weighted by Gasteiger charge is 2.50. The van der Waals surface area contributed by atoms with Gasteiger partial charge in [0.1, 0.15) is 17.9 Å². The first kappa shape index (κ1) is 20.3. The van der Waals surface area contributed by atoms with Gasteiger partial charge in [0.2, 0.25) is 11.8 Å². The van der Waals surface area contributed by atoms with Crippen molar-refractivity contribution in [2.45, 2.75) is 88.3 Å². The van der Waals surface area contributed by atoms with Crippen LogP contribution < -0.4 is 10.6 Å². The van der Waals surface area contributed by atoms with Gasteiger partial charge >= 0.3 is 0 Å². The number of piperidine rings is 1. The van der Waals surface area contributed by atoms with Crippen molar-refractivity contribution < 1.29 is 14.4 Å². The molecule has 29 heavy (non-hydrogen) atoms. The maximum Gasteiger partial charge on any atom is 0.243 e. The number of hydrogen-bond donors (Lipinski definition) is 2. The number of likely N-dealkylation sites (tertiary alicyclic amines) is 1. The lowest BCUT2D eigenvalue weighted by atomic mass is 9.87. The van der Waals surface area contributed by atoms with E-state index in [2.05, 4.69) is 16.7 Å². The van der Waals surface area contributed by atoms with Gasteiger partial charge in [-0.05, 0) is 63.8 Å². The highest BCUT2D eigenvalue weighted by molar-refractivity contribution is 5.94. The molecule has 0 aromatic carbocycles. The van der Waals surface area contributed by atoms with E-state index in [0.29, 0.717) is 31.7 Å². The van der Waals surface area contributed by atoms with E-state index in [9.17, 15) is 19.6 Å². The number of nitrogens with one attached hydrogen (secondary N) is 2. The molecule has 2 saturated carbocycles. The topological polar surface area (TPSA) is 102 Å². The fourth-order valence-corrected chi connectivity index (χ4v) is 5.33. The molecule has 4 rings (SSSR count). The Kier molecular flexibility index (Phi) is 5.91. The zero-order valence-electron chi connectivity index (χ0n) is 17.1. The summed E-state index contributed by atoms with van der Waals surface area (Å²) < 4.78 is 0. The van der Waals surface area contributed by atoms with E-state index in [-0.39, 0.29) is 23.5 Å². The summed E-state index contributed by atoms with van der Waals surface area (Å²) in [4.78, 5) is 40.2. The first-order chi connectivity index (χ1) is 14.0. The third kappa shape index (κ3) is 4.32. The summed E-state index contributed by atoms with van der Waals surface area (Å²) in [6, 6.07) is 0.986. The molecule has 1 spiro atoms. The second-order valence-electron chi connectivity index (χ2n) is 9.39. The van der Waals surface area contributed by atoms with Gasteiger partial charge in [-0.1, -0.05) is 12.8 Å². The maximum absolute atomic E-state index is 13.3. The first-order valence-corrected chi connectivity index (χ1v) is 11.3. The van der Waals surface area contributed by atoms with Crippen LogP contribution in [0.3, 0.4) is 0 Å². The molecule has 2 N–H and O–H groups in total. The summed E-state index contributed by atoms with van der Waals surface area (Å²) in [5.41, 5.74) is -0.495. The van der Waals surface area contributed by atoms with Crippen LogP contribution in [-0.4, -0.2) is 53.2 Å². The van der Waals surface area contributed by atoms with Crippen LogP contribution in [-0.2, 0) is 14.4 Å². The molecule has 0 aromatic heterocycles. The van der Waals surface area contributed by atoms with Crippen molar-refractivity contribution in [3.05, 3.63) is 0 Å². The van der Waals surface area contributed by atoms with Crippen LogP contribution in [0, 0.1) is 23.2 Å². The number of nitrogens with zero attached hydrogens (tertiary/aromatic N) is 2. The van der Waals surface area contributed by atoms with Gasteiger partial charge in [-0.2, -0.15) is 5.26 Å². The van der Waals surface area contributed by atoms with Crippen molar-refractivity contribution in [3.63, 3.8) is 0 Å². The summed E-state index contributed by atoms with van der Waals surface area (Å²) in [5.74, 6) is 0.401. The van der Waals surface area contributed by atoms with Crippen molar-refractivity contribution in [1.82, 2.24) is 15.5 Å². The van der Waals surface area contributed by atoms with Crippen LogP contribution >= 0.6 is 0 Å². The molecule has 4 atom stereocenters. The Morgan fingerprint density at radius 2 is 2.03 bits per heavy atom. The zero-order valence-corrected chi connectivity index (χ0v) is 17.1. The van der Waals surface area contributed by atoms with Crippen LogP contribution in [0.25, 0.3) is 0 Å². The molecular formula is C22H32N4O3. The standard InChI is InChI=1S/C22H32N4O3/c23-14-17(13-16-4-3-5-19(16)27)25-20(28)18(12-15-6-7-15)26-11-9-22(21(26)29)8-1-2-10-24-22/h15-18,24H,1-13H2,(H,25,28). The Labute approximate surface area is 172 Å². The molecule has 0 bridgehead atoms. The molecule has 4 aliphatic rings. The molecular weight excluding hydrogens is 368 g/mol. The van der Waals surface area contributed by atoms with E-state index in [4.69, 9.17) is 0 Å². The lowest BCUT2D eigenvalue weighted by Gasteiger charge is -2.35.